The van der Waals surface area contributed by atoms with Crippen molar-refractivity contribution in [2.75, 3.05) is 5.73 Å². The SMILES string of the molecule is CC(=O)On1c(-c2ccsc2)nc(N)c(C(=O)OCc2ccccc2)c1=O. The number of nitrogen functional groups attached to an aromatic ring is 1. The van der Waals surface area contributed by atoms with E-state index in [0.717, 1.165) is 12.5 Å². The second kappa shape index (κ2) is 7.83. The summed E-state index contributed by atoms with van der Waals surface area (Å²) < 4.78 is 5.81. The molecule has 0 aliphatic heterocycles. The van der Waals surface area contributed by atoms with Crippen LogP contribution in [-0.2, 0) is 16.1 Å². The molecule has 9 heteroatoms. The summed E-state index contributed by atoms with van der Waals surface area (Å²) in [6.45, 7) is 1.09. The average Bonchev–Trinajstić information content (AvgIpc) is 3.17. The van der Waals surface area contributed by atoms with E-state index in [4.69, 9.17) is 15.3 Å². The molecule has 2 aromatic heterocycles. The molecule has 0 atom stereocenters. The molecule has 1 aromatic carbocycles. The summed E-state index contributed by atoms with van der Waals surface area (Å²) >= 11 is 1.36. The highest BCUT2D eigenvalue weighted by molar-refractivity contribution is 7.08. The number of nitrogens with two attached hydrogens (primary N) is 1. The second-order valence-electron chi connectivity index (χ2n) is 5.45. The van der Waals surface area contributed by atoms with Gasteiger partial charge in [-0.1, -0.05) is 30.3 Å². The minimum absolute atomic E-state index is 0.0218. The molecule has 2 heterocycles. The Morgan fingerprint density at radius 1 is 1.22 bits per heavy atom. The molecule has 3 aromatic rings. The van der Waals surface area contributed by atoms with E-state index in [1.807, 2.05) is 6.07 Å². The van der Waals surface area contributed by atoms with Gasteiger partial charge in [0.1, 0.15) is 12.4 Å². The van der Waals surface area contributed by atoms with Crippen LogP contribution in [0.2, 0.25) is 0 Å². The van der Waals surface area contributed by atoms with Crippen molar-refractivity contribution in [1.82, 2.24) is 9.71 Å². The van der Waals surface area contributed by atoms with Crippen molar-refractivity contribution in [1.29, 1.82) is 0 Å². The van der Waals surface area contributed by atoms with Crippen molar-refractivity contribution in [3.63, 3.8) is 0 Å². The summed E-state index contributed by atoms with van der Waals surface area (Å²) in [5.41, 5.74) is 5.69. The van der Waals surface area contributed by atoms with Crippen LogP contribution < -0.4 is 16.1 Å². The minimum atomic E-state index is -0.952. The molecule has 0 bridgehead atoms. The van der Waals surface area contributed by atoms with Gasteiger partial charge in [0.05, 0.1) is 0 Å². The quantitative estimate of drug-likeness (QED) is 0.667. The fourth-order valence-electron chi connectivity index (χ4n) is 2.30. The number of carbonyl (C=O) groups is 2. The Morgan fingerprint density at radius 3 is 2.59 bits per heavy atom. The van der Waals surface area contributed by atoms with Crippen LogP contribution >= 0.6 is 11.3 Å². The van der Waals surface area contributed by atoms with Gasteiger partial charge in [0.25, 0.3) is 0 Å². The van der Waals surface area contributed by atoms with Gasteiger partial charge in [-0.05, 0) is 17.0 Å². The van der Waals surface area contributed by atoms with Crippen LogP contribution in [0, 0.1) is 0 Å². The number of thiophene rings is 1. The molecular formula is C18H15N3O5S. The van der Waals surface area contributed by atoms with Crippen LogP contribution in [0.25, 0.3) is 11.4 Å². The van der Waals surface area contributed by atoms with Crippen molar-refractivity contribution in [3.05, 3.63) is 68.6 Å². The van der Waals surface area contributed by atoms with E-state index in [9.17, 15) is 14.4 Å². The topological polar surface area (TPSA) is 114 Å². The van der Waals surface area contributed by atoms with Gasteiger partial charge in [0.2, 0.25) is 0 Å². The Labute approximate surface area is 157 Å². The molecule has 0 aliphatic rings. The third-order valence-electron chi connectivity index (χ3n) is 3.49. The van der Waals surface area contributed by atoms with Crippen LogP contribution in [0.15, 0.2) is 52.0 Å². The standard InChI is InChI=1S/C18H15N3O5S/c1-11(22)26-21-16(13-7-8-27-10-13)20-15(19)14(17(21)23)18(24)25-9-12-5-3-2-4-6-12/h2-8,10H,9,19H2,1H3. The maximum atomic E-state index is 12.8. The third-order valence-corrected chi connectivity index (χ3v) is 4.17. The molecule has 0 aliphatic carbocycles. The third kappa shape index (κ3) is 4.04. The number of carbonyl (C=O) groups excluding carboxylic acids is 2. The zero-order valence-corrected chi connectivity index (χ0v) is 15.1. The molecule has 27 heavy (non-hydrogen) atoms. The Morgan fingerprint density at radius 2 is 1.96 bits per heavy atom. The van der Waals surface area contributed by atoms with Gasteiger partial charge >= 0.3 is 17.5 Å². The van der Waals surface area contributed by atoms with Crippen LogP contribution in [0.1, 0.15) is 22.8 Å². The van der Waals surface area contributed by atoms with Crippen molar-refractivity contribution in [3.8, 4) is 11.4 Å². The lowest BCUT2D eigenvalue weighted by atomic mass is 10.2. The molecule has 3 rings (SSSR count). The molecule has 2 N–H and O–H groups in total. The summed E-state index contributed by atoms with van der Waals surface area (Å²) in [6, 6.07) is 10.6. The molecule has 138 valence electrons. The number of ether oxygens (including phenoxy) is 1. The number of nitrogens with zero attached hydrogens (tertiary/aromatic N) is 2. The number of benzene rings is 1. The van der Waals surface area contributed by atoms with Crippen LogP contribution in [0.4, 0.5) is 5.82 Å². The highest BCUT2D eigenvalue weighted by Crippen LogP contribution is 2.21. The Hall–Kier alpha value is -3.46. The maximum Gasteiger partial charge on any atom is 0.348 e. The average molecular weight is 385 g/mol. The van der Waals surface area contributed by atoms with Gasteiger partial charge < -0.3 is 15.3 Å². The summed E-state index contributed by atoms with van der Waals surface area (Å²) in [5, 5.41) is 3.46. The lowest BCUT2D eigenvalue weighted by Crippen LogP contribution is -2.36. The number of esters is 1. The first kappa shape index (κ1) is 18.3. The maximum absolute atomic E-state index is 12.8. The van der Waals surface area contributed by atoms with E-state index < -0.39 is 23.1 Å². The Bertz CT molecular complexity index is 1030. The fraction of sp³-hybridized carbons (Fsp3) is 0.111. The first-order chi connectivity index (χ1) is 13.0. The number of aromatic nitrogens is 2. The van der Waals surface area contributed by atoms with Crippen LogP contribution in [-0.4, -0.2) is 21.7 Å². The Balaban J connectivity index is 1.99. The zero-order chi connectivity index (χ0) is 19.4. The predicted molar refractivity (Wildman–Crippen MR) is 99.0 cm³/mol. The minimum Gasteiger partial charge on any atom is -0.457 e. The molecule has 0 spiro atoms. The number of hydrogen-bond donors (Lipinski definition) is 1. The molecular weight excluding hydrogens is 370 g/mol. The monoisotopic (exact) mass is 385 g/mol. The van der Waals surface area contributed by atoms with Crippen LogP contribution in [0.5, 0.6) is 0 Å². The van der Waals surface area contributed by atoms with Crippen LogP contribution in [0.3, 0.4) is 0 Å². The number of hydrogen-bond acceptors (Lipinski definition) is 8. The molecule has 0 unspecified atom stereocenters. The van der Waals surface area contributed by atoms with Gasteiger partial charge in [-0.15, -0.1) is 4.73 Å². The Kier molecular flexibility index (Phi) is 5.32. The van der Waals surface area contributed by atoms with E-state index >= 15 is 0 Å². The van der Waals surface area contributed by atoms with E-state index in [1.54, 1.807) is 41.1 Å². The predicted octanol–water partition coefficient (Wildman–Crippen LogP) is 1.89. The first-order valence-corrected chi connectivity index (χ1v) is 8.76. The summed E-state index contributed by atoms with van der Waals surface area (Å²) in [5.74, 6) is -1.98. The largest absolute Gasteiger partial charge is 0.457 e. The lowest BCUT2D eigenvalue weighted by Gasteiger charge is -2.13. The van der Waals surface area contributed by atoms with E-state index in [0.29, 0.717) is 10.3 Å². The zero-order valence-electron chi connectivity index (χ0n) is 14.2. The highest BCUT2D eigenvalue weighted by Gasteiger charge is 2.25. The highest BCUT2D eigenvalue weighted by atomic mass is 32.1. The molecule has 0 radical (unpaired) electrons. The fourth-order valence-corrected chi connectivity index (χ4v) is 2.93. The van der Waals surface area contributed by atoms with Gasteiger partial charge in [0.15, 0.2) is 11.4 Å². The van der Waals surface area contributed by atoms with Crippen molar-refractivity contribution < 1.29 is 19.2 Å². The molecule has 0 fully saturated rings. The van der Waals surface area contributed by atoms with E-state index in [1.165, 1.54) is 11.3 Å². The van der Waals surface area contributed by atoms with Gasteiger partial charge in [-0.25, -0.2) is 14.6 Å². The smallest absolute Gasteiger partial charge is 0.348 e. The van der Waals surface area contributed by atoms with Crippen molar-refractivity contribution in [2.24, 2.45) is 0 Å². The number of rotatable bonds is 5. The molecule has 8 nitrogen and oxygen atoms in total. The summed E-state index contributed by atoms with van der Waals surface area (Å²) in [6.07, 6.45) is 0. The first-order valence-electron chi connectivity index (χ1n) is 7.82. The molecule has 0 saturated carbocycles. The van der Waals surface area contributed by atoms with Crippen molar-refractivity contribution in [2.45, 2.75) is 13.5 Å². The van der Waals surface area contributed by atoms with E-state index in [2.05, 4.69) is 4.98 Å². The van der Waals surface area contributed by atoms with Gasteiger partial charge in [0, 0.05) is 17.9 Å². The second-order valence-corrected chi connectivity index (χ2v) is 6.23. The van der Waals surface area contributed by atoms with Crippen molar-refractivity contribution >= 4 is 29.1 Å². The summed E-state index contributed by atoms with van der Waals surface area (Å²) in [7, 11) is 0. The van der Waals surface area contributed by atoms with Gasteiger partial charge in [-0.2, -0.15) is 11.3 Å². The molecule has 0 amide bonds. The lowest BCUT2D eigenvalue weighted by molar-refractivity contribution is -0.141. The normalized spacial score (nSPS) is 10.4. The summed E-state index contributed by atoms with van der Waals surface area (Å²) in [4.78, 5) is 45.6. The van der Waals surface area contributed by atoms with E-state index in [-0.39, 0.29) is 18.2 Å². The van der Waals surface area contributed by atoms with Gasteiger partial charge in [-0.3, -0.25) is 4.79 Å². The molecule has 0 saturated heterocycles. The number of anilines is 1.